The first-order valence-electron chi connectivity index (χ1n) is 11.4. The van der Waals surface area contributed by atoms with E-state index in [0.717, 1.165) is 16.7 Å². The van der Waals surface area contributed by atoms with E-state index >= 15 is 4.39 Å². The van der Waals surface area contributed by atoms with Crippen LogP contribution in [0.5, 0.6) is 5.75 Å². The van der Waals surface area contributed by atoms with E-state index in [4.69, 9.17) is 0 Å². The summed E-state index contributed by atoms with van der Waals surface area (Å²) in [6, 6.07) is 11.8. The number of aromatic nitrogens is 3. The van der Waals surface area contributed by atoms with Crippen molar-refractivity contribution in [2.75, 3.05) is 24.5 Å². The number of nitrogens with one attached hydrogen (secondary N) is 1. The second-order valence-corrected chi connectivity index (χ2v) is 8.71. The first kappa shape index (κ1) is 23.4. The first-order chi connectivity index (χ1) is 17.3. The summed E-state index contributed by atoms with van der Waals surface area (Å²) in [5, 5.41) is 23.6. The van der Waals surface area contributed by atoms with Gasteiger partial charge in [-0.25, -0.2) is 23.1 Å². The Morgan fingerprint density at radius 3 is 2.67 bits per heavy atom. The number of nitriles is 1. The van der Waals surface area contributed by atoms with E-state index in [1.54, 1.807) is 25.1 Å². The van der Waals surface area contributed by atoms with Crippen LogP contribution in [0.2, 0.25) is 0 Å². The molecule has 0 spiro atoms. The normalized spacial score (nSPS) is 15.8. The van der Waals surface area contributed by atoms with Gasteiger partial charge in [0.05, 0.1) is 22.2 Å². The molecule has 1 aliphatic rings. The fourth-order valence-electron chi connectivity index (χ4n) is 4.65. The van der Waals surface area contributed by atoms with E-state index in [1.807, 2.05) is 11.8 Å². The number of aryl methyl sites for hydroxylation is 1. The van der Waals surface area contributed by atoms with Gasteiger partial charge in [0.1, 0.15) is 29.1 Å². The maximum Gasteiger partial charge on any atom is 0.355 e. The lowest BCUT2D eigenvalue weighted by Gasteiger charge is -2.35. The molecule has 0 radical (unpaired) electrons. The summed E-state index contributed by atoms with van der Waals surface area (Å²) in [7, 11) is 0. The Bertz CT molecular complexity index is 1590. The minimum atomic E-state index is -0.885. The average Bonchev–Trinajstić information content (AvgIpc) is 2.85. The van der Waals surface area contributed by atoms with Gasteiger partial charge in [0, 0.05) is 25.7 Å². The highest BCUT2D eigenvalue weighted by Gasteiger charge is 2.27. The van der Waals surface area contributed by atoms with Gasteiger partial charge >= 0.3 is 5.69 Å². The molecule has 1 atom stereocenters. The topological polar surface area (TPSA) is 107 Å². The van der Waals surface area contributed by atoms with E-state index in [0.29, 0.717) is 25.2 Å². The van der Waals surface area contributed by atoms with E-state index in [1.165, 1.54) is 12.1 Å². The predicted octanol–water partition coefficient (Wildman–Crippen LogP) is 3.41. The fraction of sp³-hybridized carbons (Fsp3) is 0.231. The summed E-state index contributed by atoms with van der Waals surface area (Å²) in [6.07, 6.45) is 0. The highest BCUT2D eigenvalue weighted by molar-refractivity contribution is 5.91. The quantitative estimate of drug-likeness (QED) is 0.455. The number of halogens is 2. The summed E-state index contributed by atoms with van der Waals surface area (Å²) in [5.74, 6) is -1.99. The predicted molar refractivity (Wildman–Crippen MR) is 131 cm³/mol. The van der Waals surface area contributed by atoms with E-state index in [9.17, 15) is 19.6 Å². The fourth-order valence-corrected chi connectivity index (χ4v) is 4.65. The SMILES string of the molecule is Cc1cccc(C#N)c1-n1c(=O)nc(N2CCNC[C@@H]2C)c2cc(F)c(-c3c(O)cccc3F)nc21. The molecule has 0 aliphatic carbocycles. The molecule has 0 bridgehead atoms. The largest absolute Gasteiger partial charge is 0.507 e. The number of fused-ring (bicyclic) bond motifs is 1. The third-order valence-corrected chi connectivity index (χ3v) is 6.39. The Morgan fingerprint density at radius 1 is 1.17 bits per heavy atom. The van der Waals surface area contributed by atoms with Gasteiger partial charge in [-0.3, -0.25) is 0 Å². The van der Waals surface area contributed by atoms with Crippen molar-refractivity contribution in [1.29, 1.82) is 5.26 Å². The van der Waals surface area contributed by atoms with Crippen LogP contribution in [-0.4, -0.2) is 45.3 Å². The first-order valence-corrected chi connectivity index (χ1v) is 11.4. The van der Waals surface area contributed by atoms with Gasteiger partial charge in [0.15, 0.2) is 11.5 Å². The smallest absolute Gasteiger partial charge is 0.355 e. The molecule has 1 aliphatic heterocycles. The lowest BCUT2D eigenvalue weighted by molar-refractivity contribution is 0.470. The molecule has 0 unspecified atom stereocenters. The summed E-state index contributed by atoms with van der Waals surface area (Å²) in [6.45, 7) is 5.49. The lowest BCUT2D eigenvalue weighted by atomic mass is 10.1. The zero-order valence-electron chi connectivity index (χ0n) is 19.6. The van der Waals surface area contributed by atoms with Gasteiger partial charge in [0.25, 0.3) is 0 Å². The number of anilines is 1. The number of hydrogen-bond acceptors (Lipinski definition) is 7. The van der Waals surface area contributed by atoms with Crippen molar-refractivity contribution in [3.63, 3.8) is 0 Å². The number of phenolic OH excluding ortho intramolecular Hbond substituents is 1. The minimum absolute atomic E-state index is 0.000542. The molecule has 1 fully saturated rings. The molecule has 2 aromatic heterocycles. The molecule has 36 heavy (non-hydrogen) atoms. The van der Waals surface area contributed by atoms with Crippen LogP contribution in [0.3, 0.4) is 0 Å². The Hall–Kier alpha value is -4.36. The van der Waals surface area contributed by atoms with E-state index in [2.05, 4.69) is 21.4 Å². The van der Waals surface area contributed by atoms with Crippen molar-refractivity contribution >= 4 is 16.9 Å². The van der Waals surface area contributed by atoms with Crippen LogP contribution >= 0.6 is 0 Å². The Morgan fingerprint density at radius 2 is 1.94 bits per heavy atom. The number of para-hydroxylation sites is 1. The molecular weight excluding hydrogens is 466 g/mol. The molecule has 5 rings (SSSR count). The number of hydrogen-bond donors (Lipinski definition) is 2. The minimum Gasteiger partial charge on any atom is -0.507 e. The van der Waals surface area contributed by atoms with E-state index in [-0.39, 0.29) is 34.1 Å². The zero-order valence-corrected chi connectivity index (χ0v) is 19.6. The van der Waals surface area contributed by atoms with Gasteiger partial charge in [-0.2, -0.15) is 10.2 Å². The molecule has 182 valence electrons. The summed E-state index contributed by atoms with van der Waals surface area (Å²) >= 11 is 0. The summed E-state index contributed by atoms with van der Waals surface area (Å²) in [4.78, 5) is 24.1. The number of piperazine rings is 1. The van der Waals surface area contributed by atoms with Crippen molar-refractivity contribution in [3.8, 4) is 28.8 Å². The molecule has 0 saturated carbocycles. The summed E-state index contributed by atoms with van der Waals surface area (Å²) in [5.41, 5.74) is -0.532. The van der Waals surface area contributed by atoms with Gasteiger partial charge in [-0.1, -0.05) is 18.2 Å². The number of phenols is 1. The monoisotopic (exact) mass is 488 g/mol. The maximum atomic E-state index is 15.5. The van der Waals surface area contributed by atoms with Crippen LogP contribution in [0.25, 0.3) is 28.0 Å². The Labute approximate surface area is 205 Å². The van der Waals surface area contributed by atoms with Crippen molar-refractivity contribution in [2.45, 2.75) is 19.9 Å². The van der Waals surface area contributed by atoms with E-state index < -0.39 is 34.3 Å². The molecule has 8 nitrogen and oxygen atoms in total. The molecule has 1 saturated heterocycles. The third-order valence-electron chi connectivity index (χ3n) is 6.39. The van der Waals surface area contributed by atoms with Crippen LogP contribution in [-0.2, 0) is 0 Å². The van der Waals surface area contributed by atoms with Crippen molar-refractivity contribution in [3.05, 3.63) is 75.7 Å². The van der Waals surface area contributed by atoms with Crippen LogP contribution in [0.4, 0.5) is 14.6 Å². The van der Waals surface area contributed by atoms with Crippen molar-refractivity contribution in [1.82, 2.24) is 19.9 Å². The molecule has 10 heteroatoms. The Kier molecular flexibility index (Phi) is 5.86. The maximum absolute atomic E-state index is 15.5. The second kappa shape index (κ2) is 9.02. The molecule has 2 aromatic carbocycles. The van der Waals surface area contributed by atoms with Crippen molar-refractivity contribution < 1.29 is 13.9 Å². The standard InChI is InChI=1S/C26H22F2N6O2/c1-14-5-3-6-16(12-29)23(14)34-25-17(24(32-26(34)36)33-10-9-30-13-15(33)2)11-19(28)22(31-25)21-18(27)7-4-8-20(21)35/h3-8,11,15,30,35H,9-10,13H2,1-2H3/t15-/m0/s1. The molecule has 0 amide bonds. The zero-order chi connectivity index (χ0) is 25.6. The van der Waals surface area contributed by atoms with Crippen LogP contribution in [0.1, 0.15) is 18.1 Å². The second-order valence-electron chi connectivity index (χ2n) is 8.71. The molecule has 2 N–H and O–H groups in total. The van der Waals surface area contributed by atoms with Gasteiger partial charge in [-0.05, 0) is 43.7 Å². The van der Waals surface area contributed by atoms with Gasteiger partial charge in [-0.15, -0.1) is 0 Å². The number of rotatable bonds is 3. The number of nitrogens with zero attached hydrogens (tertiary/aromatic N) is 5. The van der Waals surface area contributed by atoms with Crippen molar-refractivity contribution in [2.24, 2.45) is 0 Å². The summed E-state index contributed by atoms with van der Waals surface area (Å²) < 4.78 is 31.4. The molecule has 4 aromatic rings. The Balaban J connectivity index is 1.92. The highest BCUT2D eigenvalue weighted by atomic mass is 19.1. The van der Waals surface area contributed by atoms with Crippen LogP contribution in [0, 0.1) is 29.9 Å². The molecular formula is C26H22F2N6O2. The molecule has 3 heterocycles. The lowest BCUT2D eigenvalue weighted by Crippen LogP contribution is -2.50. The average molecular weight is 488 g/mol. The van der Waals surface area contributed by atoms with Gasteiger partial charge in [0.2, 0.25) is 0 Å². The number of pyridine rings is 1. The van der Waals surface area contributed by atoms with Gasteiger partial charge < -0.3 is 15.3 Å². The number of benzene rings is 2. The third kappa shape index (κ3) is 3.74. The van der Waals surface area contributed by atoms with Crippen LogP contribution in [0.15, 0.2) is 47.3 Å². The van der Waals surface area contributed by atoms with Crippen LogP contribution < -0.4 is 15.9 Å². The highest BCUT2D eigenvalue weighted by Crippen LogP contribution is 2.36. The number of aromatic hydroxyl groups is 1.